The summed E-state index contributed by atoms with van der Waals surface area (Å²) in [7, 11) is 0. The lowest BCUT2D eigenvalue weighted by atomic mass is 9.98. The number of amides is 1. The molecule has 0 aromatic heterocycles. The van der Waals surface area contributed by atoms with Crippen LogP contribution in [0.1, 0.15) is 30.6 Å². The van der Waals surface area contributed by atoms with Gasteiger partial charge in [0.25, 0.3) is 5.91 Å². The van der Waals surface area contributed by atoms with Gasteiger partial charge in [0.15, 0.2) is 11.6 Å². The lowest BCUT2D eigenvalue weighted by Crippen LogP contribution is -2.45. The van der Waals surface area contributed by atoms with Gasteiger partial charge in [0.05, 0.1) is 13.0 Å². The normalized spacial score (nSPS) is 13.0. The molecule has 1 aromatic rings. The molecule has 0 heterocycles. The smallest absolute Gasteiger partial charge is 0.326 e. The Morgan fingerprint density at radius 3 is 2.43 bits per heavy atom. The van der Waals surface area contributed by atoms with Gasteiger partial charge in [-0.05, 0) is 31.0 Å². The van der Waals surface area contributed by atoms with E-state index in [-0.39, 0.29) is 18.6 Å². The highest BCUT2D eigenvalue weighted by Gasteiger charge is 2.29. The van der Waals surface area contributed by atoms with Gasteiger partial charge in [-0.25, -0.2) is 13.6 Å². The van der Waals surface area contributed by atoms with Crippen molar-refractivity contribution in [2.24, 2.45) is 5.92 Å². The van der Waals surface area contributed by atoms with E-state index in [9.17, 15) is 28.3 Å². The fourth-order valence-electron chi connectivity index (χ4n) is 1.91. The standard InChI is InChI=1S/C15H17F2NO5/c1-3-23-12(19)6-8(2)13(15(21)22)18-14(20)9-4-5-10(16)11(17)7-9/h4-5,7-8,13H,3,6H2,1-2H3,(H,18,20)(H,21,22)/t8-,13-/m0/s1. The summed E-state index contributed by atoms with van der Waals surface area (Å²) < 4.78 is 30.7. The van der Waals surface area contributed by atoms with Gasteiger partial charge in [-0.3, -0.25) is 9.59 Å². The van der Waals surface area contributed by atoms with Crippen LogP contribution in [-0.2, 0) is 14.3 Å². The van der Waals surface area contributed by atoms with Crippen LogP contribution in [0.5, 0.6) is 0 Å². The molecule has 2 atom stereocenters. The molecular weight excluding hydrogens is 312 g/mol. The highest BCUT2D eigenvalue weighted by molar-refractivity contribution is 5.96. The van der Waals surface area contributed by atoms with E-state index in [2.05, 4.69) is 5.32 Å². The molecule has 1 amide bonds. The van der Waals surface area contributed by atoms with Crippen LogP contribution in [0.2, 0.25) is 0 Å². The molecule has 0 spiro atoms. The number of carboxylic acid groups (broad SMARTS) is 1. The monoisotopic (exact) mass is 329 g/mol. The predicted molar refractivity (Wildman–Crippen MR) is 75.7 cm³/mol. The molecule has 126 valence electrons. The average molecular weight is 329 g/mol. The molecular formula is C15H17F2NO5. The van der Waals surface area contributed by atoms with Gasteiger partial charge in [-0.2, -0.15) is 0 Å². The van der Waals surface area contributed by atoms with E-state index < -0.39 is 41.4 Å². The van der Waals surface area contributed by atoms with Gasteiger partial charge < -0.3 is 15.2 Å². The number of aliphatic carboxylic acids is 1. The molecule has 0 saturated carbocycles. The summed E-state index contributed by atoms with van der Waals surface area (Å²) in [6, 6.07) is 1.09. The van der Waals surface area contributed by atoms with Gasteiger partial charge in [0, 0.05) is 5.56 Å². The van der Waals surface area contributed by atoms with Crippen molar-refractivity contribution in [3.05, 3.63) is 35.4 Å². The van der Waals surface area contributed by atoms with Crippen LogP contribution in [0.4, 0.5) is 8.78 Å². The summed E-state index contributed by atoms with van der Waals surface area (Å²) in [5.74, 6) is -5.91. The fourth-order valence-corrected chi connectivity index (χ4v) is 1.91. The minimum atomic E-state index is -1.37. The van der Waals surface area contributed by atoms with E-state index in [4.69, 9.17) is 4.74 Å². The first-order valence-electron chi connectivity index (χ1n) is 6.90. The minimum Gasteiger partial charge on any atom is -0.480 e. The molecule has 8 heteroatoms. The second kappa shape index (κ2) is 8.21. The maximum absolute atomic E-state index is 13.1. The highest BCUT2D eigenvalue weighted by Crippen LogP contribution is 2.13. The highest BCUT2D eigenvalue weighted by atomic mass is 19.2. The molecule has 0 aliphatic heterocycles. The number of carbonyl (C=O) groups is 3. The lowest BCUT2D eigenvalue weighted by Gasteiger charge is -2.20. The van der Waals surface area contributed by atoms with Gasteiger partial charge in [-0.1, -0.05) is 6.92 Å². The third-order valence-electron chi connectivity index (χ3n) is 3.10. The van der Waals surface area contributed by atoms with Crippen LogP contribution in [0.3, 0.4) is 0 Å². The molecule has 0 bridgehead atoms. The van der Waals surface area contributed by atoms with Crippen molar-refractivity contribution in [2.45, 2.75) is 26.3 Å². The van der Waals surface area contributed by atoms with Crippen LogP contribution < -0.4 is 5.32 Å². The molecule has 0 fully saturated rings. The second-order valence-corrected chi connectivity index (χ2v) is 4.90. The zero-order chi connectivity index (χ0) is 17.6. The average Bonchev–Trinajstić information content (AvgIpc) is 2.46. The van der Waals surface area contributed by atoms with E-state index in [0.717, 1.165) is 12.1 Å². The Kier molecular flexibility index (Phi) is 6.62. The number of halogens is 2. The van der Waals surface area contributed by atoms with E-state index in [1.165, 1.54) is 6.92 Å². The molecule has 1 rings (SSSR count). The van der Waals surface area contributed by atoms with Gasteiger partial charge in [0.2, 0.25) is 0 Å². The number of nitrogens with one attached hydrogen (secondary N) is 1. The first-order chi connectivity index (χ1) is 10.8. The lowest BCUT2D eigenvalue weighted by molar-refractivity contribution is -0.145. The molecule has 0 aliphatic rings. The molecule has 6 nitrogen and oxygen atoms in total. The zero-order valence-corrected chi connectivity index (χ0v) is 12.6. The first kappa shape index (κ1) is 18.5. The van der Waals surface area contributed by atoms with E-state index in [0.29, 0.717) is 6.07 Å². The Labute approximate surface area is 131 Å². The summed E-state index contributed by atoms with van der Waals surface area (Å²) in [6.45, 7) is 3.23. The topological polar surface area (TPSA) is 92.7 Å². The number of hydrogen-bond acceptors (Lipinski definition) is 4. The number of benzene rings is 1. The maximum atomic E-state index is 13.1. The van der Waals surface area contributed by atoms with Crippen molar-refractivity contribution in [1.29, 1.82) is 0 Å². The third kappa shape index (κ3) is 5.32. The minimum absolute atomic E-state index is 0.157. The summed E-state index contributed by atoms with van der Waals surface area (Å²) in [5, 5.41) is 11.4. The van der Waals surface area contributed by atoms with E-state index in [1.54, 1.807) is 6.92 Å². The van der Waals surface area contributed by atoms with Gasteiger partial charge >= 0.3 is 11.9 Å². The molecule has 0 radical (unpaired) electrons. The van der Waals surface area contributed by atoms with Crippen molar-refractivity contribution in [3.63, 3.8) is 0 Å². The Hall–Kier alpha value is -2.51. The Bertz CT molecular complexity index is 606. The number of rotatable bonds is 7. The quantitative estimate of drug-likeness (QED) is 0.743. The number of esters is 1. The maximum Gasteiger partial charge on any atom is 0.326 e. The number of ether oxygens (including phenoxy) is 1. The molecule has 23 heavy (non-hydrogen) atoms. The van der Waals surface area contributed by atoms with Crippen LogP contribution >= 0.6 is 0 Å². The van der Waals surface area contributed by atoms with E-state index in [1.807, 2.05) is 0 Å². The Morgan fingerprint density at radius 2 is 1.91 bits per heavy atom. The summed E-state index contributed by atoms with van der Waals surface area (Å²) >= 11 is 0. The van der Waals surface area contributed by atoms with E-state index >= 15 is 0 Å². The SMILES string of the molecule is CCOC(=O)C[C@H](C)[C@H](NC(=O)c1ccc(F)c(F)c1)C(=O)O. The Balaban J connectivity index is 2.82. The molecule has 0 saturated heterocycles. The van der Waals surface area contributed by atoms with Crippen LogP contribution in [0.15, 0.2) is 18.2 Å². The van der Waals surface area contributed by atoms with Crippen molar-refractivity contribution in [1.82, 2.24) is 5.32 Å². The summed E-state index contributed by atoms with van der Waals surface area (Å²) in [5.41, 5.74) is -0.224. The number of carbonyl (C=O) groups excluding carboxylic acids is 2. The third-order valence-corrected chi connectivity index (χ3v) is 3.10. The van der Waals surface area contributed by atoms with Crippen LogP contribution in [-0.4, -0.2) is 35.6 Å². The zero-order valence-electron chi connectivity index (χ0n) is 12.6. The van der Waals surface area contributed by atoms with Gasteiger partial charge in [-0.15, -0.1) is 0 Å². The predicted octanol–water partition coefficient (Wildman–Crippen LogP) is 1.74. The molecule has 2 N–H and O–H groups in total. The van der Waals surface area contributed by atoms with Crippen molar-refractivity contribution < 1.29 is 33.0 Å². The van der Waals surface area contributed by atoms with Gasteiger partial charge in [0.1, 0.15) is 6.04 Å². The first-order valence-corrected chi connectivity index (χ1v) is 6.90. The molecule has 0 aliphatic carbocycles. The second-order valence-electron chi connectivity index (χ2n) is 4.90. The summed E-state index contributed by atoms with van der Waals surface area (Å²) in [6.07, 6.45) is -0.205. The van der Waals surface area contributed by atoms with Crippen molar-refractivity contribution >= 4 is 17.8 Å². The summed E-state index contributed by atoms with van der Waals surface area (Å²) in [4.78, 5) is 34.6. The van der Waals surface area contributed by atoms with Crippen LogP contribution in [0, 0.1) is 17.6 Å². The molecule has 1 aromatic carbocycles. The van der Waals surface area contributed by atoms with Crippen molar-refractivity contribution in [2.75, 3.05) is 6.61 Å². The van der Waals surface area contributed by atoms with Crippen LogP contribution in [0.25, 0.3) is 0 Å². The van der Waals surface area contributed by atoms with Crippen molar-refractivity contribution in [3.8, 4) is 0 Å². The molecule has 0 unspecified atom stereocenters. The largest absolute Gasteiger partial charge is 0.480 e. The Morgan fingerprint density at radius 1 is 1.26 bits per heavy atom. The fraction of sp³-hybridized carbons (Fsp3) is 0.400. The number of carboxylic acids is 1. The number of hydrogen-bond donors (Lipinski definition) is 2.